The Kier molecular flexibility index (Phi) is 2.73. The Hall–Kier alpha value is -0.995. The molecule has 0 heterocycles. The van der Waals surface area contributed by atoms with Gasteiger partial charge in [-0.3, -0.25) is 0 Å². The molecular formula is C8H12BNO2. The third kappa shape index (κ3) is 1.78. The minimum absolute atomic E-state index is 0.534. The van der Waals surface area contributed by atoms with Crippen LogP contribution < -0.4 is 11.2 Å². The van der Waals surface area contributed by atoms with Crippen LogP contribution in [0.3, 0.4) is 0 Å². The molecule has 0 fully saturated rings. The van der Waals surface area contributed by atoms with Crippen molar-refractivity contribution in [2.75, 3.05) is 5.73 Å². The van der Waals surface area contributed by atoms with Crippen LogP contribution in [0.1, 0.15) is 12.5 Å². The minimum Gasteiger partial charge on any atom is -0.423 e. The highest BCUT2D eigenvalue weighted by molar-refractivity contribution is 6.59. The van der Waals surface area contributed by atoms with Gasteiger partial charge in [-0.1, -0.05) is 13.0 Å². The average Bonchev–Trinajstić information content (AvgIpc) is 2.03. The molecule has 0 unspecified atom stereocenters. The van der Waals surface area contributed by atoms with Gasteiger partial charge in [-0.05, 0) is 29.6 Å². The van der Waals surface area contributed by atoms with E-state index < -0.39 is 7.12 Å². The highest BCUT2D eigenvalue weighted by Gasteiger charge is 2.14. The van der Waals surface area contributed by atoms with E-state index in [4.69, 9.17) is 15.8 Å². The summed E-state index contributed by atoms with van der Waals surface area (Å²) < 4.78 is 0. The third-order valence-electron chi connectivity index (χ3n) is 1.83. The Bertz CT molecular complexity index is 276. The first-order valence-electron chi connectivity index (χ1n) is 3.89. The molecule has 0 aromatic heterocycles. The molecule has 4 N–H and O–H groups in total. The first-order valence-corrected chi connectivity index (χ1v) is 3.89. The molecule has 0 amide bonds. The van der Waals surface area contributed by atoms with Gasteiger partial charge >= 0.3 is 7.12 Å². The maximum Gasteiger partial charge on any atom is 0.488 e. The molecule has 0 aliphatic heterocycles. The zero-order valence-electron chi connectivity index (χ0n) is 6.99. The summed E-state index contributed by atoms with van der Waals surface area (Å²) in [4.78, 5) is 0. The maximum atomic E-state index is 8.94. The van der Waals surface area contributed by atoms with E-state index in [1.807, 2.05) is 6.92 Å². The van der Waals surface area contributed by atoms with Crippen LogP contribution in [0.25, 0.3) is 0 Å². The normalized spacial score (nSPS) is 9.92. The van der Waals surface area contributed by atoms with Gasteiger partial charge in [0.25, 0.3) is 0 Å². The van der Waals surface area contributed by atoms with Crippen LogP contribution in [0, 0.1) is 0 Å². The second-order valence-corrected chi connectivity index (χ2v) is 2.69. The Morgan fingerprint density at radius 3 is 2.58 bits per heavy atom. The van der Waals surface area contributed by atoms with Crippen molar-refractivity contribution in [3.05, 3.63) is 23.8 Å². The molecule has 0 saturated heterocycles. The summed E-state index contributed by atoms with van der Waals surface area (Å²) in [5, 5.41) is 17.9. The molecule has 0 bridgehead atoms. The van der Waals surface area contributed by atoms with Crippen molar-refractivity contribution in [3.63, 3.8) is 0 Å². The molecule has 1 aromatic carbocycles. The van der Waals surface area contributed by atoms with Gasteiger partial charge < -0.3 is 15.8 Å². The smallest absolute Gasteiger partial charge is 0.423 e. The van der Waals surface area contributed by atoms with Crippen molar-refractivity contribution in [1.29, 1.82) is 0 Å². The summed E-state index contributed by atoms with van der Waals surface area (Å²) in [6.07, 6.45) is 0.748. The molecule has 0 aliphatic rings. The molecule has 0 saturated carbocycles. The number of hydrogen-bond acceptors (Lipinski definition) is 3. The standard InChI is InChI=1S/C8H12BNO2/c1-2-6-5-7(10)3-4-8(6)9(11)12/h3-5,11-12H,2,10H2,1H3. The number of rotatable bonds is 2. The molecular weight excluding hydrogens is 153 g/mol. The largest absolute Gasteiger partial charge is 0.488 e. The van der Waals surface area contributed by atoms with E-state index >= 15 is 0 Å². The molecule has 12 heavy (non-hydrogen) atoms. The van der Waals surface area contributed by atoms with Gasteiger partial charge in [0.15, 0.2) is 0 Å². The van der Waals surface area contributed by atoms with E-state index in [0.29, 0.717) is 11.2 Å². The monoisotopic (exact) mass is 165 g/mol. The lowest BCUT2D eigenvalue weighted by molar-refractivity contribution is 0.425. The molecule has 1 rings (SSSR count). The minimum atomic E-state index is -1.40. The van der Waals surface area contributed by atoms with E-state index in [2.05, 4.69) is 0 Å². The first-order chi connectivity index (χ1) is 5.65. The van der Waals surface area contributed by atoms with Gasteiger partial charge in [-0.2, -0.15) is 0 Å². The van der Waals surface area contributed by atoms with Crippen LogP contribution >= 0.6 is 0 Å². The van der Waals surface area contributed by atoms with Gasteiger partial charge in [0, 0.05) is 5.69 Å². The highest BCUT2D eigenvalue weighted by Crippen LogP contribution is 2.05. The van der Waals surface area contributed by atoms with Gasteiger partial charge in [0.05, 0.1) is 0 Å². The predicted molar refractivity (Wildman–Crippen MR) is 50.1 cm³/mol. The number of aryl methyl sites for hydroxylation is 1. The van der Waals surface area contributed by atoms with Gasteiger partial charge in [0.2, 0.25) is 0 Å². The third-order valence-corrected chi connectivity index (χ3v) is 1.83. The second kappa shape index (κ2) is 3.60. The lowest BCUT2D eigenvalue weighted by atomic mass is 9.76. The summed E-state index contributed by atoms with van der Waals surface area (Å²) in [5.74, 6) is 0. The lowest BCUT2D eigenvalue weighted by Crippen LogP contribution is -2.32. The van der Waals surface area contributed by atoms with Crippen LogP contribution in [-0.4, -0.2) is 17.2 Å². The van der Waals surface area contributed by atoms with Crippen LogP contribution in [0.5, 0.6) is 0 Å². The zero-order chi connectivity index (χ0) is 9.14. The van der Waals surface area contributed by atoms with Crippen molar-refractivity contribution in [1.82, 2.24) is 0 Å². The van der Waals surface area contributed by atoms with E-state index in [1.54, 1.807) is 18.2 Å². The Morgan fingerprint density at radius 2 is 2.08 bits per heavy atom. The predicted octanol–water partition coefficient (Wildman–Crippen LogP) is -0.489. The molecule has 0 spiro atoms. The van der Waals surface area contributed by atoms with Crippen molar-refractivity contribution in [2.24, 2.45) is 0 Å². The number of nitrogen functional groups attached to an aromatic ring is 1. The van der Waals surface area contributed by atoms with Crippen LogP contribution in [-0.2, 0) is 6.42 Å². The topological polar surface area (TPSA) is 66.5 Å². The highest BCUT2D eigenvalue weighted by atomic mass is 16.4. The van der Waals surface area contributed by atoms with Crippen LogP contribution in [0.4, 0.5) is 5.69 Å². The van der Waals surface area contributed by atoms with Gasteiger partial charge in [0.1, 0.15) is 0 Å². The van der Waals surface area contributed by atoms with Crippen molar-refractivity contribution < 1.29 is 10.0 Å². The summed E-state index contributed by atoms with van der Waals surface area (Å²) in [5.41, 5.74) is 7.60. The Morgan fingerprint density at radius 1 is 1.42 bits per heavy atom. The Balaban J connectivity index is 3.11. The van der Waals surface area contributed by atoms with Crippen molar-refractivity contribution in [3.8, 4) is 0 Å². The molecule has 0 atom stereocenters. The van der Waals surface area contributed by atoms with Crippen LogP contribution in [0.15, 0.2) is 18.2 Å². The fraction of sp³-hybridized carbons (Fsp3) is 0.250. The van der Waals surface area contributed by atoms with Crippen molar-refractivity contribution in [2.45, 2.75) is 13.3 Å². The number of nitrogens with two attached hydrogens (primary N) is 1. The number of anilines is 1. The molecule has 0 aliphatic carbocycles. The summed E-state index contributed by atoms with van der Waals surface area (Å²) in [6.45, 7) is 1.95. The molecule has 4 heteroatoms. The average molecular weight is 165 g/mol. The molecule has 0 radical (unpaired) electrons. The van der Waals surface area contributed by atoms with Crippen molar-refractivity contribution >= 4 is 18.3 Å². The van der Waals surface area contributed by atoms with E-state index in [1.165, 1.54) is 0 Å². The molecule has 64 valence electrons. The maximum absolute atomic E-state index is 8.94. The van der Waals surface area contributed by atoms with Gasteiger partial charge in [-0.15, -0.1) is 0 Å². The number of benzene rings is 1. The summed E-state index contributed by atoms with van der Waals surface area (Å²) in [6, 6.07) is 5.06. The fourth-order valence-corrected chi connectivity index (χ4v) is 1.18. The van der Waals surface area contributed by atoms with Gasteiger partial charge in [-0.25, -0.2) is 0 Å². The summed E-state index contributed by atoms with van der Waals surface area (Å²) >= 11 is 0. The number of hydrogen-bond donors (Lipinski definition) is 3. The lowest BCUT2D eigenvalue weighted by Gasteiger charge is -2.06. The molecule has 3 nitrogen and oxygen atoms in total. The fourth-order valence-electron chi connectivity index (χ4n) is 1.18. The first kappa shape index (κ1) is 9.10. The molecule has 1 aromatic rings. The van der Waals surface area contributed by atoms with E-state index in [0.717, 1.165) is 12.0 Å². The second-order valence-electron chi connectivity index (χ2n) is 2.69. The zero-order valence-corrected chi connectivity index (χ0v) is 6.99. The van der Waals surface area contributed by atoms with E-state index in [-0.39, 0.29) is 0 Å². The quantitative estimate of drug-likeness (QED) is 0.409. The van der Waals surface area contributed by atoms with Crippen LogP contribution in [0.2, 0.25) is 0 Å². The SMILES string of the molecule is CCc1cc(N)ccc1B(O)O. The summed E-state index contributed by atoms with van der Waals surface area (Å²) in [7, 11) is -1.40. The Labute approximate surface area is 72.0 Å². The van der Waals surface area contributed by atoms with E-state index in [9.17, 15) is 0 Å².